The van der Waals surface area contributed by atoms with E-state index in [2.05, 4.69) is 10.3 Å². The van der Waals surface area contributed by atoms with E-state index in [-0.39, 0.29) is 10.9 Å². The van der Waals surface area contributed by atoms with Crippen LogP contribution >= 0.6 is 0 Å². The Hall–Kier alpha value is -3.68. The Morgan fingerprint density at radius 3 is 2.31 bits per heavy atom. The highest BCUT2D eigenvalue weighted by Gasteiger charge is 2.20. The number of benzene rings is 2. The fourth-order valence-electron chi connectivity index (χ4n) is 3.02. The van der Waals surface area contributed by atoms with Crippen molar-refractivity contribution in [3.8, 4) is 23.0 Å². The summed E-state index contributed by atoms with van der Waals surface area (Å²) in [5.74, 6) is 0.443. The summed E-state index contributed by atoms with van der Waals surface area (Å²) in [6.07, 6.45) is 0.563. The van der Waals surface area contributed by atoms with Gasteiger partial charge in [0.1, 0.15) is 17.1 Å². The van der Waals surface area contributed by atoms with Gasteiger partial charge in [-0.3, -0.25) is 9.59 Å². The van der Waals surface area contributed by atoms with Gasteiger partial charge in [-0.2, -0.15) is 0 Å². The van der Waals surface area contributed by atoms with Crippen LogP contribution in [0.25, 0.3) is 10.9 Å². The van der Waals surface area contributed by atoms with Crippen molar-refractivity contribution in [3.63, 3.8) is 0 Å². The molecule has 0 atom stereocenters. The monoisotopic (exact) mass is 398 g/mol. The van der Waals surface area contributed by atoms with E-state index >= 15 is 0 Å². The molecule has 0 saturated heterocycles. The Kier molecular flexibility index (Phi) is 5.92. The van der Waals surface area contributed by atoms with Gasteiger partial charge in [0.15, 0.2) is 11.5 Å². The predicted molar refractivity (Wildman–Crippen MR) is 108 cm³/mol. The summed E-state index contributed by atoms with van der Waals surface area (Å²) in [7, 11) is 4.51. The fourth-order valence-corrected chi connectivity index (χ4v) is 3.02. The number of aromatic amines is 1. The second-order valence-corrected chi connectivity index (χ2v) is 6.28. The highest BCUT2D eigenvalue weighted by Crippen LogP contribution is 2.35. The molecule has 3 aromatic rings. The Labute approximate surface area is 167 Å². The second kappa shape index (κ2) is 8.55. The van der Waals surface area contributed by atoms with Gasteiger partial charge in [-0.05, 0) is 30.2 Å². The first-order chi connectivity index (χ1) is 14.0. The van der Waals surface area contributed by atoms with Crippen molar-refractivity contribution >= 4 is 16.8 Å². The molecule has 29 heavy (non-hydrogen) atoms. The third-order valence-corrected chi connectivity index (χ3v) is 4.58. The van der Waals surface area contributed by atoms with Crippen LogP contribution in [0.15, 0.2) is 41.2 Å². The van der Waals surface area contributed by atoms with Gasteiger partial charge in [-0.15, -0.1) is 0 Å². The van der Waals surface area contributed by atoms with Gasteiger partial charge >= 0.3 is 0 Å². The van der Waals surface area contributed by atoms with Gasteiger partial charge < -0.3 is 29.6 Å². The van der Waals surface area contributed by atoms with Crippen LogP contribution in [-0.2, 0) is 6.42 Å². The summed E-state index contributed by atoms with van der Waals surface area (Å²) in [4.78, 5) is 27.5. The smallest absolute Gasteiger partial charge is 0.265 e. The molecular weight excluding hydrogens is 376 g/mol. The molecule has 8 nitrogen and oxygen atoms in total. The van der Waals surface area contributed by atoms with Gasteiger partial charge in [0.2, 0.25) is 0 Å². The predicted octanol–water partition coefficient (Wildman–Crippen LogP) is 2.23. The highest BCUT2D eigenvalue weighted by atomic mass is 16.5. The van der Waals surface area contributed by atoms with Crippen LogP contribution < -0.4 is 25.1 Å². The van der Waals surface area contributed by atoms with Crippen LogP contribution in [0.4, 0.5) is 0 Å². The quantitative estimate of drug-likeness (QED) is 0.563. The summed E-state index contributed by atoms with van der Waals surface area (Å²) >= 11 is 0. The average Bonchev–Trinajstić information content (AvgIpc) is 2.73. The van der Waals surface area contributed by atoms with Crippen LogP contribution in [0.2, 0.25) is 0 Å². The topological polar surface area (TPSA) is 110 Å². The van der Waals surface area contributed by atoms with E-state index in [9.17, 15) is 14.7 Å². The number of fused-ring (bicyclic) bond motifs is 1. The molecule has 0 radical (unpaired) electrons. The first kappa shape index (κ1) is 20.1. The minimum Gasteiger partial charge on any atom is -0.506 e. The number of hydrogen-bond donors (Lipinski definition) is 3. The van der Waals surface area contributed by atoms with E-state index in [1.54, 1.807) is 7.11 Å². The van der Waals surface area contributed by atoms with E-state index in [1.165, 1.54) is 26.4 Å². The van der Waals surface area contributed by atoms with Crippen LogP contribution in [0.3, 0.4) is 0 Å². The minimum absolute atomic E-state index is 0.280. The van der Waals surface area contributed by atoms with E-state index in [0.29, 0.717) is 30.0 Å². The van der Waals surface area contributed by atoms with Crippen molar-refractivity contribution in [2.24, 2.45) is 0 Å². The third-order valence-electron chi connectivity index (χ3n) is 4.58. The zero-order valence-electron chi connectivity index (χ0n) is 16.4. The van der Waals surface area contributed by atoms with Gasteiger partial charge in [-0.1, -0.05) is 12.1 Å². The van der Waals surface area contributed by atoms with Gasteiger partial charge in [0.05, 0.1) is 26.8 Å². The summed E-state index contributed by atoms with van der Waals surface area (Å²) in [6.45, 7) is 0.300. The van der Waals surface area contributed by atoms with E-state index in [4.69, 9.17) is 14.2 Å². The molecular formula is C21H22N2O6. The zero-order chi connectivity index (χ0) is 21.0. The van der Waals surface area contributed by atoms with Crippen molar-refractivity contribution in [1.82, 2.24) is 10.3 Å². The lowest BCUT2D eigenvalue weighted by Gasteiger charge is -2.12. The fraction of sp³-hybridized carbons (Fsp3) is 0.238. The first-order valence-corrected chi connectivity index (χ1v) is 8.90. The number of pyridine rings is 1. The molecule has 1 heterocycles. The number of hydrogen-bond acceptors (Lipinski definition) is 6. The molecule has 8 heteroatoms. The van der Waals surface area contributed by atoms with Crippen molar-refractivity contribution in [2.45, 2.75) is 6.42 Å². The molecule has 0 fully saturated rings. The van der Waals surface area contributed by atoms with Crippen molar-refractivity contribution < 1.29 is 24.1 Å². The minimum atomic E-state index is -0.691. The molecule has 0 bridgehead atoms. The number of methoxy groups -OCH3 is 3. The summed E-state index contributed by atoms with van der Waals surface area (Å²) in [5, 5.41) is 13.5. The molecule has 152 valence electrons. The number of aromatic hydroxyl groups is 1. The second-order valence-electron chi connectivity index (χ2n) is 6.28. The maximum Gasteiger partial charge on any atom is 0.265 e. The summed E-state index contributed by atoms with van der Waals surface area (Å²) < 4.78 is 15.5. The van der Waals surface area contributed by atoms with Gasteiger partial charge in [-0.25, -0.2) is 0 Å². The van der Waals surface area contributed by atoms with Crippen LogP contribution in [0.5, 0.6) is 23.0 Å². The molecule has 1 amide bonds. The SMILES string of the molecule is COc1ccc(CCNC(=O)c2c(O)c3cc(OC)c(OC)cc3[nH]c2=O)cc1. The first-order valence-electron chi connectivity index (χ1n) is 8.90. The number of carbonyl (C=O) groups excluding carboxylic acids is 1. The molecule has 2 aromatic carbocycles. The number of carbonyl (C=O) groups is 1. The maximum atomic E-state index is 12.5. The zero-order valence-corrected chi connectivity index (χ0v) is 16.4. The average molecular weight is 398 g/mol. The number of amides is 1. The van der Waals surface area contributed by atoms with Crippen LogP contribution in [-0.4, -0.2) is 43.9 Å². The molecule has 0 aliphatic rings. The van der Waals surface area contributed by atoms with Crippen molar-refractivity contribution in [2.75, 3.05) is 27.9 Å². The number of H-pyrrole nitrogens is 1. The lowest BCUT2D eigenvalue weighted by molar-refractivity contribution is 0.0950. The number of aromatic nitrogens is 1. The lowest BCUT2D eigenvalue weighted by atomic mass is 10.1. The molecule has 3 N–H and O–H groups in total. The molecule has 3 rings (SSSR count). The molecule has 0 aliphatic heterocycles. The van der Waals surface area contributed by atoms with Crippen molar-refractivity contribution in [3.05, 3.63) is 57.9 Å². The molecule has 0 spiro atoms. The largest absolute Gasteiger partial charge is 0.506 e. The van der Waals surface area contributed by atoms with Crippen molar-refractivity contribution in [1.29, 1.82) is 0 Å². The highest BCUT2D eigenvalue weighted by molar-refractivity contribution is 6.02. The number of rotatable bonds is 7. The summed E-state index contributed by atoms with van der Waals surface area (Å²) in [6, 6.07) is 10.5. The maximum absolute atomic E-state index is 12.5. The Morgan fingerprint density at radius 2 is 1.69 bits per heavy atom. The van der Waals surface area contributed by atoms with E-state index in [1.807, 2.05) is 24.3 Å². The molecule has 0 aliphatic carbocycles. The Bertz CT molecular complexity index is 1090. The van der Waals surface area contributed by atoms with Gasteiger partial charge in [0, 0.05) is 18.0 Å². The van der Waals surface area contributed by atoms with Crippen LogP contribution in [0, 0.1) is 0 Å². The van der Waals surface area contributed by atoms with E-state index in [0.717, 1.165) is 11.3 Å². The Morgan fingerprint density at radius 1 is 1.03 bits per heavy atom. The van der Waals surface area contributed by atoms with Gasteiger partial charge in [0.25, 0.3) is 11.5 Å². The number of nitrogens with one attached hydrogen (secondary N) is 2. The molecule has 1 aromatic heterocycles. The molecule has 0 saturated carbocycles. The van der Waals surface area contributed by atoms with E-state index < -0.39 is 17.2 Å². The standard InChI is InChI=1S/C21H22N2O6/c1-27-13-6-4-12(5-7-13)8-9-22-20(25)18-19(24)14-10-16(28-2)17(29-3)11-15(14)23-21(18)26/h4-7,10-11H,8-9H2,1-3H3,(H,22,25)(H2,23,24,26). The normalized spacial score (nSPS) is 10.6. The molecule has 0 unspecified atom stereocenters. The third kappa shape index (κ3) is 4.11. The lowest BCUT2D eigenvalue weighted by Crippen LogP contribution is -2.31. The van der Waals surface area contributed by atoms with Crippen LogP contribution in [0.1, 0.15) is 15.9 Å². The summed E-state index contributed by atoms with van der Waals surface area (Å²) in [5.41, 5.74) is 0.295. The number of ether oxygens (including phenoxy) is 3. The Balaban J connectivity index is 1.82.